The predicted molar refractivity (Wildman–Crippen MR) is 66.8 cm³/mol. The first kappa shape index (κ1) is 14.8. The van der Waals surface area contributed by atoms with Gasteiger partial charge in [-0.25, -0.2) is 0 Å². The highest BCUT2D eigenvalue weighted by molar-refractivity contribution is 5.84. The van der Waals surface area contributed by atoms with Crippen LogP contribution in [0.2, 0.25) is 0 Å². The average molecular weight is 277 g/mol. The molecule has 2 rings (SSSR count). The van der Waals surface area contributed by atoms with Crippen molar-refractivity contribution in [3.63, 3.8) is 0 Å². The lowest BCUT2D eigenvalue weighted by Gasteiger charge is -2.40. The minimum atomic E-state index is -4.14. The average Bonchev–Trinajstić information content (AvgIpc) is 2.36. The molecule has 1 aliphatic heterocycles. The molecule has 1 aliphatic carbocycles. The van der Waals surface area contributed by atoms with Crippen molar-refractivity contribution in [2.45, 2.75) is 76.0 Å². The molecule has 3 atom stereocenters. The molecule has 0 spiro atoms. The van der Waals surface area contributed by atoms with Crippen molar-refractivity contribution in [1.29, 1.82) is 0 Å². The van der Waals surface area contributed by atoms with Crippen molar-refractivity contribution in [2.24, 2.45) is 5.92 Å². The van der Waals surface area contributed by atoms with Crippen LogP contribution >= 0.6 is 0 Å². The van der Waals surface area contributed by atoms with Crippen molar-refractivity contribution in [2.75, 3.05) is 0 Å². The van der Waals surface area contributed by atoms with E-state index >= 15 is 0 Å². The van der Waals surface area contributed by atoms with Crippen molar-refractivity contribution >= 4 is 5.78 Å². The molecule has 1 saturated heterocycles. The lowest BCUT2D eigenvalue weighted by molar-refractivity contribution is -0.137. The summed E-state index contributed by atoms with van der Waals surface area (Å²) in [5.41, 5.74) is 0. The van der Waals surface area contributed by atoms with Crippen LogP contribution in [0.5, 0.6) is 0 Å². The number of halogens is 3. The molecule has 5 heteroatoms. The molecule has 0 amide bonds. The highest BCUT2D eigenvalue weighted by Crippen LogP contribution is 2.32. The molecule has 3 unspecified atom stereocenters. The predicted octanol–water partition coefficient (Wildman–Crippen LogP) is 3.60. The fourth-order valence-corrected chi connectivity index (χ4v) is 3.39. The molecule has 2 nitrogen and oxygen atoms in total. The summed E-state index contributed by atoms with van der Waals surface area (Å²) in [4.78, 5) is 11.9. The van der Waals surface area contributed by atoms with Crippen LogP contribution in [0.1, 0.15) is 57.8 Å². The van der Waals surface area contributed by atoms with E-state index in [0.717, 1.165) is 19.3 Å². The molecule has 0 bridgehead atoms. The first-order chi connectivity index (χ1) is 8.96. The number of carbonyl (C=O) groups is 1. The summed E-state index contributed by atoms with van der Waals surface area (Å²) in [6.07, 6.45) is 1.63. The van der Waals surface area contributed by atoms with Crippen molar-refractivity contribution in [3.8, 4) is 0 Å². The number of rotatable bonds is 4. The molecule has 0 aromatic rings. The Hall–Kier alpha value is -0.580. The van der Waals surface area contributed by atoms with E-state index in [2.05, 4.69) is 5.32 Å². The van der Waals surface area contributed by atoms with E-state index in [9.17, 15) is 18.0 Å². The second-order valence-electron chi connectivity index (χ2n) is 5.88. The topological polar surface area (TPSA) is 29.1 Å². The van der Waals surface area contributed by atoms with E-state index in [1.54, 1.807) is 0 Å². The summed E-state index contributed by atoms with van der Waals surface area (Å²) in [5.74, 6) is 0.640. The number of hydrogen-bond acceptors (Lipinski definition) is 2. The van der Waals surface area contributed by atoms with E-state index in [-0.39, 0.29) is 24.7 Å². The summed E-state index contributed by atoms with van der Waals surface area (Å²) in [6.45, 7) is 0. The number of carbonyl (C=O) groups excluding carboxylic acids is 1. The largest absolute Gasteiger partial charge is 0.389 e. The van der Waals surface area contributed by atoms with E-state index < -0.39 is 12.6 Å². The smallest absolute Gasteiger partial charge is 0.304 e. The lowest BCUT2D eigenvalue weighted by atomic mass is 9.77. The third kappa shape index (κ3) is 4.48. The van der Waals surface area contributed by atoms with Gasteiger partial charge in [-0.1, -0.05) is 12.8 Å². The molecule has 1 saturated carbocycles. The van der Waals surface area contributed by atoms with Gasteiger partial charge in [0.15, 0.2) is 0 Å². The third-order valence-electron chi connectivity index (χ3n) is 4.42. The van der Waals surface area contributed by atoms with Crippen LogP contribution in [0.15, 0.2) is 0 Å². The maximum Gasteiger partial charge on any atom is 0.389 e. The number of hydrogen-bond donors (Lipinski definition) is 1. The Morgan fingerprint density at radius 1 is 1.11 bits per heavy atom. The summed E-state index contributed by atoms with van der Waals surface area (Å²) >= 11 is 0. The van der Waals surface area contributed by atoms with Gasteiger partial charge in [0.25, 0.3) is 0 Å². The summed E-state index contributed by atoms with van der Waals surface area (Å²) in [6, 6.07) is 0.214. The Morgan fingerprint density at radius 3 is 2.58 bits per heavy atom. The molecule has 0 radical (unpaired) electrons. The Bertz CT molecular complexity index is 316. The van der Waals surface area contributed by atoms with Crippen LogP contribution in [-0.2, 0) is 4.79 Å². The monoisotopic (exact) mass is 277 g/mol. The number of alkyl halides is 3. The first-order valence-electron chi connectivity index (χ1n) is 7.31. The van der Waals surface area contributed by atoms with Gasteiger partial charge in [-0.2, -0.15) is 13.2 Å². The molecule has 0 aromatic carbocycles. The van der Waals surface area contributed by atoms with E-state index in [1.807, 2.05) is 0 Å². The number of piperidine rings is 1. The van der Waals surface area contributed by atoms with Gasteiger partial charge in [-0.05, 0) is 38.0 Å². The molecule has 2 aliphatic rings. The number of nitrogens with one attached hydrogen (secondary N) is 1. The van der Waals surface area contributed by atoms with E-state index in [0.29, 0.717) is 12.0 Å². The summed E-state index contributed by atoms with van der Waals surface area (Å²) < 4.78 is 36.1. The van der Waals surface area contributed by atoms with Gasteiger partial charge in [-0.15, -0.1) is 0 Å². The highest BCUT2D eigenvalue weighted by Gasteiger charge is 2.34. The van der Waals surface area contributed by atoms with Crippen LogP contribution in [0, 0.1) is 5.92 Å². The van der Waals surface area contributed by atoms with Gasteiger partial charge in [0.1, 0.15) is 5.78 Å². The molecule has 0 aromatic heterocycles. The third-order valence-corrected chi connectivity index (χ3v) is 4.42. The van der Waals surface area contributed by atoms with E-state index in [4.69, 9.17) is 0 Å². The zero-order valence-electron chi connectivity index (χ0n) is 11.1. The molecular formula is C14H22F3NO. The second kappa shape index (κ2) is 6.25. The molecule has 1 N–H and O–H groups in total. The quantitative estimate of drug-likeness (QED) is 0.850. The maximum atomic E-state index is 12.0. The SMILES string of the molecule is O=C(CCCC(F)(F)F)C1CCC2CCCCC2N1. The van der Waals surface area contributed by atoms with Gasteiger partial charge in [0.2, 0.25) is 0 Å². The lowest BCUT2D eigenvalue weighted by Crippen LogP contribution is -2.52. The Morgan fingerprint density at radius 2 is 1.84 bits per heavy atom. The van der Waals surface area contributed by atoms with Gasteiger partial charge in [0, 0.05) is 18.9 Å². The Kier molecular flexibility index (Phi) is 4.87. The fourth-order valence-electron chi connectivity index (χ4n) is 3.39. The zero-order valence-corrected chi connectivity index (χ0v) is 11.1. The Labute approximate surface area is 112 Å². The number of ketones is 1. The summed E-state index contributed by atoms with van der Waals surface area (Å²) in [5, 5.41) is 3.37. The first-order valence-corrected chi connectivity index (χ1v) is 7.31. The van der Waals surface area contributed by atoms with Crippen molar-refractivity contribution in [3.05, 3.63) is 0 Å². The minimum Gasteiger partial charge on any atom is -0.304 e. The standard InChI is InChI=1S/C14H22F3NO/c15-14(16,17)9-3-6-13(19)12-8-7-10-4-1-2-5-11(10)18-12/h10-12,18H,1-9H2. The molecule has 19 heavy (non-hydrogen) atoms. The molecule has 110 valence electrons. The fraction of sp³-hybridized carbons (Fsp3) is 0.929. The van der Waals surface area contributed by atoms with Crippen LogP contribution in [0.25, 0.3) is 0 Å². The van der Waals surface area contributed by atoms with Crippen LogP contribution in [-0.4, -0.2) is 24.0 Å². The Balaban J connectivity index is 1.74. The van der Waals surface area contributed by atoms with Crippen LogP contribution in [0.4, 0.5) is 13.2 Å². The zero-order chi connectivity index (χ0) is 13.9. The second-order valence-corrected chi connectivity index (χ2v) is 5.88. The maximum absolute atomic E-state index is 12.0. The van der Waals surface area contributed by atoms with Gasteiger partial charge in [-0.3, -0.25) is 4.79 Å². The molecule has 2 fully saturated rings. The summed E-state index contributed by atoms with van der Waals surface area (Å²) in [7, 11) is 0. The van der Waals surface area contributed by atoms with Gasteiger partial charge < -0.3 is 5.32 Å². The van der Waals surface area contributed by atoms with E-state index in [1.165, 1.54) is 19.3 Å². The number of fused-ring (bicyclic) bond motifs is 1. The van der Waals surface area contributed by atoms with Crippen LogP contribution in [0.3, 0.4) is 0 Å². The van der Waals surface area contributed by atoms with Crippen LogP contribution < -0.4 is 5.32 Å². The van der Waals surface area contributed by atoms with Gasteiger partial charge >= 0.3 is 6.18 Å². The number of Topliss-reactive ketones (excluding diaryl/α,β-unsaturated/α-hetero) is 1. The molecular weight excluding hydrogens is 255 g/mol. The normalized spacial score (nSPS) is 31.8. The van der Waals surface area contributed by atoms with Crippen molar-refractivity contribution in [1.82, 2.24) is 5.32 Å². The van der Waals surface area contributed by atoms with Gasteiger partial charge in [0.05, 0.1) is 6.04 Å². The van der Waals surface area contributed by atoms with Crippen molar-refractivity contribution < 1.29 is 18.0 Å². The molecule has 1 heterocycles. The minimum absolute atomic E-state index is 0.0340. The highest BCUT2D eigenvalue weighted by atomic mass is 19.4.